The van der Waals surface area contributed by atoms with Crippen LogP contribution in [0, 0.1) is 6.92 Å². The highest BCUT2D eigenvalue weighted by Gasteiger charge is 2.27. The molecule has 170 valence electrons. The molecule has 6 nitrogen and oxygen atoms in total. The summed E-state index contributed by atoms with van der Waals surface area (Å²) < 4.78 is 7.59. The molecule has 8 heteroatoms. The molecule has 0 N–H and O–H groups in total. The molecule has 0 aliphatic carbocycles. The molecule has 0 radical (unpaired) electrons. The molecule has 2 aromatic rings. The molecule has 0 saturated carbocycles. The number of carbonyl (C=O) groups is 1. The van der Waals surface area contributed by atoms with E-state index >= 15 is 0 Å². The number of hydrogen-bond acceptors (Lipinski definition) is 6. The van der Waals surface area contributed by atoms with Crippen LogP contribution in [0.4, 0.5) is 0 Å². The number of carbonyl (C=O) groups excluding carboxylic acids is 1. The van der Waals surface area contributed by atoms with E-state index in [2.05, 4.69) is 20.8 Å². The molecule has 0 bridgehead atoms. The van der Waals surface area contributed by atoms with Gasteiger partial charge in [0, 0.05) is 24.1 Å². The summed E-state index contributed by atoms with van der Waals surface area (Å²) in [5, 5.41) is 1.40. The standard InChI is InChI=1S/C23H33N3O3S2/c1-4-16-9-6-7-11-25(16)19(27)14-30-23-24-21-20(18(5-2)15(3)31-21)22(28)26(23)13-17-10-8-12-29-17/h16-17H,4-14H2,1-3H3/t16-,17-/m1/s1. The van der Waals surface area contributed by atoms with Crippen LogP contribution in [0.15, 0.2) is 9.95 Å². The van der Waals surface area contributed by atoms with Gasteiger partial charge < -0.3 is 9.64 Å². The molecule has 0 aromatic carbocycles. The fourth-order valence-electron chi connectivity index (χ4n) is 4.88. The number of amides is 1. The first-order valence-electron chi connectivity index (χ1n) is 11.6. The topological polar surface area (TPSA) is 64.4 Å². The molecule has 2 fully saturated rings. The van der Waals surface area contributed by atoms with E-state index in [9.17, 15) is 9.59 Å². The lowest BCUT2D eigenvalue weighted by atomic mass is 10.0. The molecule has 2 aliphatic heterocycles. The maximum Gasteiger partial charge on any atom is 0.263 e. The minimum Gasteiger partial charge on any atom is -0.376 e. The molecule has 2 aliphatic rings. The predicted molar refractivity (Wildman–Crippen MR) is 127 cm³/mol. The zero-order valence-corrected chi connectivity index (χ0v) is 20.4. The summed E-state index contributed by atoms with van der Waals surface area (Å²) in [4.78, 5) is 35.4. The van der Waals surface area contributed by atoms with Crippen molar-refractivity contribution in [3.8, 4) is 0 Å². The van der Waals surface area contributed by atoms with Gasteiger partial charge in [0.1, 0.15) is 4.83 Å². The Hall–Kier alpha value is -1.38. The molecule has 4 heterocycles. The van der Waals surface area contributed by atoms with Gasteiger partial charge in [0.05, 0.1) is 23.8 Å². The third-order valence-corrected chi connectivity index (χ3v) is 8.59. The third-order valence-electron chi connectivity index (χ3n) is 6.58. The van der Waals surface area contributed by atoms with Crippen molar-refractivity contribution < 1.29 is 9.53 Å². The van der Waals surface area contributed by atoms with Gasteiger partial charge in [-0.1, -0.05) is 25.6 Å². The number of thioether (sulfide) groups is 1. The number of piperidine rings is 1. The van der Waals surface area contributed by atoms with E-state index in [0.29, 0.717) is 23.5 Å². The van der Waals surface area contributed by atoms with Gasteiger partial charge in [-0.25, -0.2) is 4.98 Å². The Balaban J connectivity index is 1.63. The highest BCUT2D eigenvalue weighted by molar-refractivity contribution is 7.99. The van der Waals surface area contributed by atoms with E-state index < -0.39 is 0 Å². The van der Waals surface area contributed by atoms with Crippen molar-refractivity contribution in [2.24, 2.45) is 0 Å². The van der Waals surface area contributed by atoms with Gasteiger partial charge in [-0.3, -0.25) is 14.2 Å². The number of ether oxygens (including phenoxy) is 1. The van der Waals surface area contributed by atoms with Crippen LogP contribution in [0.5, 0.6) is 0 Å². The maximum absolute atomic E-state index is 13.5. The second kappa shape index (κ2) is 10.0. The number of nitrogens with zero attached hydrogens (tertiary/aromatic N) is 3. The summed E-state index contributed by atoms with van der Waals surface area (Å²) in [6.07, 6.45) is 7.23. The molecule has 4 rings (SSSR count). The Kier molecular flexibility index (Phi) is 7.39. The smallest absolute Gasteiger partial charge is 0.263 e. The van der Waals surface area contributed by atoms with Gasteiger partial charge in [-0.15, -0.1) is 11.3 Å². The molecular weight excluding hydrogens is 430 g/mol. The number of fused-ring (bicyclic) bond motifs is 1. The number of thiophene rings is 1. The van der Waals surface area contributed by atoms with Gasteiger partial charge in [0.15, 0.2) is 5.16 Å². The Morgan fingerprint density at radius 3 is 2.81 bits per heavy atom. The first kappa shape index (κ1) is 22.8. The summed E-state index contributed by atoms with van der Waals surface area (Å²) in [6.45, 7) is 8.41. The highest BCUT2D eigenvalue weighted by Crippen LogP contribution is 2.30. The summed E-state index contributed by atoms with van der Waals surface area (Å²) >= 11 is 2.99. The van der Waals surface area contributed by atoms with Gasteiger partial charge in [-0.05, 0) is 57.4 Å². The second-order valence-corrected chi connectivity index (χ2v) is 10.7. The highest BCUT2D eigenvalue weighted by atomic mass is 32.2. The lowest BCUT2D eigenvalue weighted by molar-refractivity contribution is -0.132. The average Bonchev–Trinajstić information content (AvgIpc) is 3.41. The van der Waals surface area contributed by atoms with Crippen molar-refractivity contribution in [1.29, 1.82) is 0 Å². The van der Waals surface area contributed by atoms with E-state index in [0.717, 1.165) is 72.3 Å². The predicted octanol–water partition coefficient (Wildman–Crippen LogP) is 4.39. The zero-order valence-electron chi connectivity index (χ0n) is 18.8. The van der Waals surface area contributed by atoms with Crippen LogP contribution in [0.3, 0.4) is 0 Å². The largest absolute Gasteiger partial charge is 0.376 e. The maximum atomic E-state index is 13.5. The second-order valence-electron chi connectivity index (χ2n) is 8.55. The Bertz CT molecular complexity index is 994. The number of hydrogen-bond donors (Lipinski definition) is 0. The molecular formula is C23H33N3O3S2. The molecule has 2 saturated heterocycles. The van der Waals surface area contributed by atoms with Crippen LogP contribution < -0.4 is 5.56 Å². The van der Waals surface area contributed by atoms with E-state index in [1.54, 1.807) is 15.9 Å². The van der Waals surface area contributed by atoms with Crippen LogP contribution in [-0.2, 0) is 22.5 Å². The van der Waals surface area contributed by atoms with Crippen LogP contribution >= 0.6 is 23.1 Å². The third kappa shape index (κ3) is 4.71. The zero-order chi connectivity index (χ0) is 22.0. The van der Waals surface area contributed by atoms with Crippen LogP contribution in [0.25, 0.3) is 10.2 Å². The lowest BCUT2D eigenvalue weighted by Crippen LogP contribution is -2.44. The fourth-order valence-corrected chi connectivity index (χ4v) is 6.93. The van der Waals surface area contributed by atoms with Gasteiger partial charge >= 0.3 is 0 Å². The number of aromatic nitrogens is 2. The van der Waals surface area contributed by atoms with Gasteiger partial charge in [0.2, 0.25) is 5.91 Å². The Morgan fingerprint density at radius 2 is 2.10 bits per heavy atom. The summed E-state index contributed by atoms with van der Waals surface area (Å²) in [6, 6.07) is 0.346. The quantitative estimate of drug-likeness (QED) is 0.450. The van der Waals surface area contributed by atoms with E-state index in [4.69, 9.17) is 9.72 Å². The molecule has 0 spiro atoms. The van der Waals surface area contributed by atoms with Crippen LogP contribution in [0.1, 0.15) is 62.8 Å². The van der Waals surface area contributed by atoms with Crippen LogP contribution in [-0.4, -0.2) is 51.4 Å². The summed E-state index contributed by atoms with van der Waals surface area (Å²) in [5.74, 6) is 0.483. The number of rotatable bonds is 7. The molecule has 2 aromatic heterocycles. The fraction of sp³-hybridized carbons (Fsp3) is 0.696. The lowest BCUT2D eigenvalue weighted by Gasteiger charge is -2.35. The van der Waals surface area contributed by atoms with Crippen molar-refractivity contribution >= 4 is 39.2 Å². The van der Waals surface area contributed by atoms with Gasteiger partial charge in [0.25, 0.3) is 5.56 Å². The van der Waals surface area contributed by atoms with Crippen LogP contribution in [0.2, 0.25) is 0 Å². The molecule has 2 atom stereocenters. The first-order valence-corrected chi connectivity index (χ1v) is 13.4. The van der Waals surface area contributed by atoms with E-state index in [1.165, 1.54) is 18.2 Å². The Labute approximate surface area is 192 Å². The normalized spacial score (nSPS) is 21.8. The Morgan fingerprint density at radius 1 is 1.26 bits per heavy atom. The minimum absolute atomic E-state index is 0.0149. The van der Waals surface area contributed by atoms with E-state index in [-0.39, 0.29) is 17.6 Å². The average molecular weight is 464 g/mol. The minimum atomic E-state index is 0.0149. The summed E-state index contributed by atoms with van der Waals surface area (Å²) in [7, 11) is 0. The molecule has 1 amide bonds. The van der Waals surface area contributed by atoms with Crippen molar-refractivity contribution in [3.05, 3.63) is 20.8 Å². The van der Waals surface area contributed by atoms with Crippen molar-refractivity contribution in [2.75, 3.05) is 18.9 Å². The summed E-state index contributed by atoms with van der Waals surface area (Å²) in [5.41, 5.74) is 1.12. The SMILES string of the molecule is CCc1c(C)sc2nc(SCC(=O)N3CCCC[C@H]3CC)n(C[C@H]3CCCO3)c(=O)c12. The number of aryl methyl sites for hydroxylation is 2. The van der Waals surface area contributed by atoms with Crippen molar-refractivity contribution in [2.45, 2.75) is 89.6 Å². The van der Waals surface area contributed by atoms with Crippen molar-refractivity contribution in [3.63, 3.8) is 0 Å². The molecule has 0 unspecified atom stereocenters. The van der Waals surface area contributed by atoms with Gasteiger partial charge in [-0.2, -0.15) is 0 Å². The molecule has 31 heavy (non-hydrogen) atoms. The first-order chi connectivity index (χ1) is 15.0. The number of likely N-dealkylation sites (tertiary alicyclic amines) is 1. The van der Waals surface area contributed by atoms with Crippen molar-refractivity contribution in [1.82, 2.24) is 14.5 Å². The monoisotopic (exact) mass is 463 g/mol. The van der Waals surface area contributed by atoms with E-state index in [1.807, 2.05) is 4.90 Å².